The van der Waals surface area contributed by atoms with Crippen LogP contribution in [-0.4, -0.2) is 24.7 Å². The molecule has 1 fully saturated rings. The fourth-order valence-electron chi connectivity index (χ4n) is 4.01. The minimum atomic E-state index is -0.227. The van der Waals surface area contributed by atoms with Crippen molar-refractivity contribution >= 4 is 22.4 Å². The van der Waals surface area contributed by atoms with E-state index in [4.69, 9.17) is 10.2 Å². The van der Waals surface area contributed by atoms with Crippen LogP contribution in [0.5, 0.6) is 0 Å². The molecule has 9 nitrogen and oxygen atoms in total. The lowest BCUT2D eigenvalue weighted by molar-refractivity contribution is 0.532. The van der Waals surface area contributed by atoms with Crippen LogP contribution in [0.2, 0.25) is 0 Å². The van der Waals surface area contributed by atoms with Crippen LogP contribution in [0.15, 0.2) is 39.8 Å². The number of fused-ring (bicyclic) bond motifs is 1. The number of pyridine rings is 1. The van der Waals surface area contributed by atoms with Crippen LogP contribution in [0.1, 0.15) is 49.0 Å². The number of hydrogen-bond donors (Lipinski definition) is 2. The largest absolute Gasteiger partial charge is 0.421 e. The van der Waals surface area contributed by atoms with Gasteiger partial charge in [0.2, 0.25) is 5.89 Å². The van der Waals surface area contributed by atoms with Crippen molar-refractivity contribution in [3.05, 3.63) is 58.1 Å². The molecule has 5 rings (SSSR count). The molecule has 1 aromatic carbocycles. The predicted molar refractivity (Wildman–Crippen MR) is 118 cm³/mol. The second-order valence-corrected chi connectivity index (χ2v) is 7.99. The van der Waals surface area contributed by atoms with Gasteiger partial charge in [-0.2, -0.15) is 0 Å². The number of anilines is 2. The van der Waals surface area contributed by atoms with Crippen molar-refractivity contribution in [1.29, 1.82) is 0 Å². The van der Waals surface area contributed by atoms with Gasteiger partial charge in [0.15, 0.2) is 0 Å². The van der Waals surface area contributed by atoms with Gasteiger partial charge in [-0.1, -0.05) is 18.2 Å². The second-order valence-electron chi connectivity index (χ2n) is 7.99. The zero-order valence-corrected chi connectivity index (χ0v) is 17.6. The Morgan fingerprint density at radius 3 is 2.74 bits per heavy atom. The topological polar surface area (TPSA) is 125 Å². The van der Waals surface area contributed by atoms with Gasteiger partial charge < -0.3 is 20.0 Å². The fraction of sp³-hybridized carbons (Fsp3) is 0.318. The molecule has 158 valence electrons. The fourth-order valence-corrected chi connectivity index (χ4v) is 4.01. The van der Waals surface area contributed by atoms with E-state index in [-0.39, 0.29) is 29.4 Å². The Kier molecular flexibility index (Phi) is 4.46. The van der Waals surface area contributed by atoms with Crippen LogP contribution >= 0.6 is 0 Å². The number of benzene rings is 1. The predicted octanol–water partition coefficient (Wildman–Crippen LogP) is 3.55. The monoisotopic (exact) mass is 417 g/mol. The summed E-state index contributed by atoms with van der Waals surface area (Å²) in [5, 5.41) is 13.0. The zero-order valence-electron chi connectivity index (χ0n) is 17.6. The van der Waals surface area contributed by atoms with E-state index in [0.717, 1.165) is 34.9 Å². The minimum Gasteiger partial charge on any atom is -0.421 e. The van der Waals surface area contributed by atoms with Crippen LogP contribution < -0.4 is 16.6 Å². The molecule has 3 heterocycles. The van der Waals surface area contributed by atoms with E-state index in [1.165, 1.54) is 6.33 Å². The number of nitrogens with zero attached hydrogens (tertiary/aromatic N) is 5. The highest BCUT2D eigenvalue weighted by Gasteiger charge is 2.30. The van der Waals surface area contributed by atoms with E-state index >= 15 is 0 Å². The first-order valence-electron chi connectivity index (χ1n) is 10.3. The first kappa shape index (κ1) is 19.2. The molecule has 1 aliphatic rings. The van der Waals surface area contributed by atoms with Gasteiger partial charge in [0, 0.05) is 18.7 Å². The summed E-state index contributed by atoms with van der Waals surface area (Å²) in [7, 11) is 0. The van der Waals surface area contributed by atoms with Gasteiger partial charge in [0.05, 0.1) is 11.4 Å². The average Bonchev–Trinajstić information content (AvgIpc) is 3.48. The standard InChI is InChI=1S/C22H23N7O2/c1-11-5-4-6-14-9-16(29(15-7-8-15)22(30)17(11)14)12(2)26-20-18(19(23)24-10-25-20)21-28-27-13(3)31-21/h4-6,9-10,12,15H,7-8H2,1-3H3,(H3,23,24,25,26)/t12-/m0/s1. The molecule has 31 heavy (non-hydrogen) atoms. The highest BCUT2D eigenvalue weighted by Crippen LogP contribution is 2.38. The van der Waals surface area contributed by atoms with E-state index in [2.05, 4.69) is 31.5 Å². The van der Waals surface area contributed by atoms with Gasteiger partial charge in [-0.25, -0.2) is 9.97 Å². The molecule has 1 atom stereocenters. The van der Waals surface area contributed by atoms with Crippen molar-refractivity contribution in [3.63, 3.8) is 0 Å². The maximum atomic E-state index is 13.4. The third-order valence-corrected chi connectivity index (χ3v) is 5.64. The number of hydrogen-bond acceptors (Lipinski definition) is 8. The number of nitrogens with two attached hydrogens (primary N) is 1. The van der Waals surface area contributed by atoms with Crippen molar-refractivity contribution in [2.45, 2.75) is 45.7 Å². The minimum absolute atomic E-state index is 0.0525. The molecule has 0 unspecified atom stereocenters. The average molecular weight is 417 g/mol. The third-order valence-electron chi connectivity index (χ3n) is 5.64. The number of aryl methyl sites for hydroxylation is 2. The molecule has 1 saturated carbocycles. The zero-order chi connectivity index (χ0) is 21.7. The van der Waals surface area contributed by atoms with Crippen LogP contribution in [0.4, 0.5) is 11.6 Å². The lowest BCUT2D eigenvalue weighted by Gasteiger charge is -2.22. The van der Waals surface area contributed by atoms with Crippen molar-refractivity contribution in [2.24, 2.45) is 0 Å². The molecule has 9 heteroatoms. The van der Waals surface area contributed by atoms with Gasteiger partial charge in [-0.3, -0.25) is 4.79 Å². The second kappa shape index (κ2) is 7.19. The Morgan fingerprint density at radius 2 is 2.03 bits per heavy atom. The lowest BCUT2D eigenvalue weighted by Crippen LogP contribution is -2.26. The lowest BCUT2D eigenvalue weighted by atomic mass is 10.0. The summed E-state index contributed by atoms with van der Waals surface area (Å²) in [6, 6.07) is 8.01. The van der Waals surface area contributed by atoms with Crippen molar-refractivity contribution < 1.29 is 4.42 Å². The van der Waals surface area contributed by atoms with Gasteiger partial charge >= 0.3 is 0 Å². The molecule has 4 aromatic rings. The number of nitrogens with one attached hydrogen (secondary N) is 1. The summed E-state index contributed by atoms with van der Waals surface area (Å²) < 4.78 is 7.49. The van der Waals surface area contributed by atoms with Crippen molar-refractivity contribution in [3.8, 4) is 11.5 Å². The smallest absolute Gasteiger partial charge is 0.259 e. The number of aromatic nitrogens is 5. The number of rotatable bonds is 5. The van der Waals surface area contributed by atoms with Gasteiger partial charge in [-0.15, -0.1) is 10.2 Å². The van der Waals surface area contributed by atoms with E-state index in [9.17, 15) is 4.79 Å². The summed E-state index contributed by atoms with van der Waals surface area (Å²) in [4.78, 5) is 21.8. The molecule has 3 aromatic heterocycles. The molecule has 0 amide bonds. The summed E-state index contributed by atoms with van der Waals surface area (Å²) in [5.74, 6) is 1.38. The van der Waals surface area contributed by atoms with E-state index < -0.39 is 0 Å². The van der Waals surface area contributed by atoms with E-state index in [0.29, 0.717) is 17.3 Å². The maximum absolute atomic E-state index is 13.4. The maximum Gasteiger partial charge on any atom is 0.259 e. The van der Waals surface area contributed by atoms with Gasteiger partial charge in [0.25, 0.3) is 11.4 Å². The van der Waals surface area contributed by atoms with Gasteiger partial charge in [0.1, 0.15) is 23.5 Å². The molecule has 3 N–H and O–H groups in total. The first-order chi connectivity index (χ1) is 14.9. The van der Waals surface area contributed by atoms with Crippen LogP contribution in [0.3, 0.4) is 0 Å². The Hall–Kier alpha value is -3.75. The molecular weight excluding hydrogens is 394 g/mol. The number of nitrogen functional groups attached to an aromatic ring is 1. The third kappa shape index (κ3) is 3.31. The summed E-state index contributed by atoms with van der Waals surface area (Å²) >= 11 is 0. The Morgan fingerprint density at radius 1 is 1.23 bits per heavy atom. The SMILES string of the molecule is Cc1nnc(-c2c(N)ncnc2N[C@@H](C)c2cc3cccc(C)c3c(=O)n2C2CC2)o1. The molecule has 0 spiro atoms. The highest BCUT2D eigenvalue weighted by molar-refractivity contribution is 5.85. The summed E-state index contributed by atoms with van der Waals surface area (Å²) in [5.41, 5.74) is 8.50. The molecule has 0 radical (unpaired) electrons. The summed E-state index contributed by atoms with van der Waals surface area (Å²) in [6.45, 7) is 5.68. The Labute approximate surface area is 178 Å². The van der Waals surface area contributed by atoms with E-state index in [1.54, 1.807) is 6.92 Å². The molecule has 0 bridgehead atoms. The first-order valence-corrected chi connectivity index (χ1v) is 10.3. The highest BCUT2D eigenvalue weighted by atomic mass is 16.4. The van der Waals surface area contributed by atoms with Crippen molar-refractivity contribution in [1.82, 2.24) is 24.7 Å². The Balaban J connectivity index is 1.61. The molecule has 0 aliphatic heterocycles. The quantitative estimate of drug-likeness (QED) is 0.505. The summed E-state index contributed by atoms with van der Waals surface area (Å²) in [6.07, 6.45) is 3.39. The van der Waals surface area contributed by atoms with E-state index in [1.807, 2.05) is 36.6 Å². The van der Waals surface area contributed by atoms with Gasteiger partial charge in [-0.05, 0) is 43.7 Å². The van der Waals surface area contributed by atoms with Crippen LogP contribution in [-0.2, 0) is 0 Å². The van der Waals surface area contributed by atoms with Crippen molar-refractivity contribution in [2.75, 3.05) is 11.1 Å². The molecule has 1 aliphatic carbocycles. The molecule has 0 saturated heterocycles. The molecular formula is C22H23N7O2. The normalized spacial score (nSPS) is 14.7. The van der Waals surface area contributed by atoms with Crippen LogP contribution in [0.25, 0.3) is 22.2 Å². The van der Waals surface area contributed by atoms with Crippen LogP contribution in [0, 0.1) is 13.8 Å². The Bertz CT molecular complexity index is 1350.